The third-order valence-corrected chi connectivity index (χ3v) is 3.00. The summed E-state index contributed by atoms with van der Waals surface area (Å²) < 4.78 is 40.2. The summed E-state index contributed by atoms with van der Waals surface area (Å²) in [7, 11) is 0. The van der Waals surface area contributed by atoms with Gasteiger partial charge in [-0.2, -0.15) is 0 Å². The molecule has 0 bridgehead atoms. The summed E-state index contributed by atoms with van der Waals surface area (Å²) >= 11 is 5.94. The molecule has 0 spiro atoms. The summed E-state index contributed by atoms with van der Waals surface area (Å²) in [6.45, 7) is 5.62. The highest BCUT2D eigenvalue weighted by molar-refractivity contribution is 6.30. The van der Waals surface area contributed by atoms with Crippen molar-refractivity contribution in [3.8, 4) is 0 Å². The molecule has 18 heavy (non-hydrogen) atoms. The van der Waals surface area contributed by atoms with Gasteiger partial charge < -0.3 is 0 Å². The zero-order valence-electron chi connectivity index (χ0n) is 10.1. The number of aromatic nitrogens is 1. The normalized spacial score (nSPS) is 12.2. The molecule has 5 heteroatoms. The van der Waals surface area contributed by atoms with Gasteiger partial charge in [-0.15, -0.1) is 0 Å². The second kappa shape index (κ2) is 4.12. The SMILES string of the molecule is CC(C)(C)c1cc2c(F)cc(F)c(F)c2nc1Cl. The Morgan fingerprint density at radius 2 is 1.67 bits per heavy atom. The van der Waals surface area contributed by atoms with Gasteiger partial charge in [-0.05, 0) is 17.0 Å². The molecule has 1 aromatic heterocycles. The Kier molecular flexibility index (Phi) is 3.01. The van der Waals surface area contributed by atoms with Crippen LogP contribution in [0.4, 0.5) is 13.2 Å². The van der Waals surface area contributed by atoms with E-state index < -0.39 is 17.5 Å². The van der Waals surface area contributed by atoms with E-state index >= 15 is 0 Å². The van der Waals surface area contributed by atoms with Crippen molar-refractivity contribution in [2.24, 2.45) is 0 Å². The van der Waals surface area contributed by atoms with Crippen LogP contribution < -0.4 is 0 Å². The minimum absolute atomic E-state index is 0.0545. The van der Waals surface area contributed by atoms with E-state index in [-0.39, 0.29) is 21.5 Å². The van der Waals surface area contributed by atoms with Crippen LogP contribution in [0.25, 0.3) is 10.9 Å². The lowest BCUT2D eigenvalue weighted by molar-refractivity contribution is 0.503. The molecule has 0 aliphatic heterocycles. The number of nitrogens with zero attached hydrogens (tertiary/aromatic N) is 1. The molecule has 0 saturated heterocycles. The Hall–Kier alpha value is -1.29. The van der Waals surface area contributed by atoms with E-state index in [0.717, 1.165) is 0 Å². The minimum Gasteiger partial charge on any atom is -0.232 e. The van der Waals surface area contributed by atoms with E-state index in [1.165, 1.54) is 6.07 Å². The van der Waals surface area contributed by atoms with Gasteiger partial charge in [0.25, 0.3) is 0 Å². The fraction of sp³-hybridized carbons (Fsp3) is 0.308. The van der Waals surface area contributed by atoms with Crippen LogP contribution >= 0.6 is 11.6 Å². The fourth-order valence-corrected chi connectivity index (χ4v) is 2.15. The number of pyridine rings is 1. The Morgan fingerprint density at radius 3 is 2.22 bits per heavy atom. The molecule has 0 amide bonds. The summed E-state index contributed by atoms with van der Waals surface area (Å²) in [6, 6.07) is 1.93. The number of hydrogen-bond donors (Lipinski definition) is 0. The second-order valence-electron chi connectivity index (χ2n) is 5.13. The lowest BCUT2D eigenvalue weighted by Gasteiger charge is -2.20. The molecule has 2 aromatic rings. The Labute approximate surface area is 108 Å². The topological polar surface area (TPSA) is 12.9 Å². The number of benzene rings is 1. The van der Waals surface area contributed by atoms with E-state index in [4.69, 9.17) is 11.6 Å². The molecule has 0 radical (unpaired) electrons. The smallest absolute Gasteiger partial charge is 0.185 e. The molecule has 0 aliphatic rings. The van der Waals surface area contributed by atoms with Crippen molar-refractivity contribution < 1.29 is 13.2 Å². The fourth-order valence-electron chi connectivity index (χ4n) is 1.73. The Morgan fingerprint density at radius 1 is 1.06 bits per heavy atom. The van der Waals surface area contributed by atoms with Crippen LogP contribution in [-0.4, -0.2) is 4.98 Å². The summed E-state index contributed by atoms with van der Waals surface area (Å²) in [5.74, 6) is -3.31. The molecule has 0 aliphatic carbocycles. The maximum Gasteiger partial charge on any atom is 0.185 e. The summed E-state index contributed by atoms with van der Waals surface area (Å²) in [5, 5.41) is -0.0119. The third kappa shape index (κ3) is 2.05. The quantitative estimate of drug-likeness (QED) is 0.505. The van der Waals surface area contributed by atoms with Crippen LogP contribution in [0.15, 0.2) is 12.1 Å². The first-order valence-corrected chi connectivity index (χ1v) is 5.74. The summed E-state index contributed by atoms with van der Waals surface area (Å²) in [4.78, 5) is 3.77. The lowest BCUT2D eigenvalue weighted by Crippen LogP contribution is -2.13. The molecule has 1 heterocycles. The van der Waals surface area contributed by atoms with Crippen molar-refractivity contribution in [2.75, 3.05) is 0 Å². The molecule has 96 valence electrons. The predicted octanol–water partition coefficient (Wildman–Crippen LogP) is 4.60. The van der Waals surface area contributed by atoms with E-state index in [0.29, 0.717) is 11.6 Å². The molecule has 1 aromatic carbocycles. The number of halogens is 4. The third-order valence-electron chi connectivity index (χ3n) is 2.71. The van der Waals surface area contributed by atoms with Gasteiger partial charge in [0.1, 0.15) is 16.5 Å². The van der Waals surface area contributed by atoms with E-state index in [9.17, 15) is 13.2 Å². The molecular formula is C13H11ClF3N. The molecule has 0 saturated carbocycles. The van der Waals surface area contributed by atoms with Crippen LogP contribution in [-0.2, 0) is 5.41 Å². The van der Waals surface area contributed by atoms with Crippen LogP contribution in [0.3, 0.4) is 0 Å². The largest absolute Gasteiger partial charge is 0.232 e. The number of hydrogen-bond acceptors (Lipinski definition) is 1. The molecular weight excluding hydrogens is 263 g/mol. The minimum atomic E-state index is -1.27. The Balaban J connectivity index is 2.89. The molecule has 0 N–H and O–H groups in total. The van der Waals surface area contributed by atoms with Gasteiger partial charge in [-0.25, -0.2) is 18.2 Å². The highest BCUT2D eigenvalue weighted by Crippen LogP contribution is 2.33. The maximum atomic E-state index is 13.6. The van der Waals surface area contributed by atoms with Crippen LogP contribution in [0.5, 0.6) is 0 Å². The standard InChI is InChI=1S/C13H11ClF3N/c1-13(2,3)7-4-6-8(15)5-9(16)10(17)11(6)18-12(7)14/h4-5H,1-3H3. The van der Waals surface area contributed by atoms with Crippen molar-refractivity contribution in [3.63, 3.8) is 0 Å². The van der Waals surface area contributed by atoms with Gasteiger partial charge in [0.05, 0.1) is 0 Å². The predicted molar refractivity (Wildman–Crippen MR) is 65.3 cm³/mol. The van der Waals surface area contributed by atoms with Crippen molar-refractivity contribution in [3.05, 3.63) is 40.3 Å². The van der Waals surface area contributed by atoms with Gasteiger partial charge in [-0.3, -0.25) is 0 Å². The average Bonchev–Trinajstić information content (AvgIpc) is 2.23. The number of rotatable bonds is 0. The average molecular weight is 274 g/mol. The van der Waals surface area contributed by atoms with Crippen molar-refractivity contribution >= 4 is 22.5 Å². The van der Waals surface area contributed by atoms with Crippen LogP contribution in [0.1, 0.15) is 26.3 Å². The van der Waals surface area contributed by atoms with E-state index in [2.05, 4.69) is 4.98 Å². The van der Waals surface area contributed by atoms with Gasteiger partial charge >= 0.3 is 0 Å². The zero-order valence-corrected chi connectivity index (χ0v) is 10.9. The van der Waals surface area contributed by atoms with Gasteiger partial charge in [0.15, 0.2) is 11.6 Å². The zero-order chi connectivity index (χ0) is 13.7. The van der Waals surface area contributed by atoms with Crippen LogP contribution in [0, 0.1) is 17.5 Å². The molecule has 1 nitrogen and oxygen atoms in total. The molecule has 0 fully saturated rings. The van der Waals surface area contributed by atoms with Crippen molar-refractivity contribution in [1.29, 1.82) is 0 Å². The summed E-state index contributed by atoms with van der Waals surface area (Å²) in [6.07, 6.45) is 0. The van der Waals surface area contributed by atoms with Crippen LogP contribution in [0.2, 0.25) is 5.15 Å². The van der Waals surface area contributed by atoms with Gasteiger partial charge in [0.2, 0.25) is 0 Å². The van der Waals surface area contributed by atoms with Crippen molar-refractivity contribution in [2.45, 2.75) is 26.2 Å². The second-order valence-corrected chi connectivity index (χ2v) is 5.49. The first-order valence-electron chi connectivity index (χ1n) is 5.36. The first kappa shape index (κ1) is 13.1. The molecule has 2 rings (SSSR count). The lowest BCUT2D eigenvalue weighted by atomic mass is 9.87. The van der Waals surface area contributed by atoms with E-state index in [1.807, 2.05) is 20.8 Å². The number of fused-ring (bicyclic) bond motifs is 1. The first-order chi connectivity index (χ1) is 8.21. The maximum absolute atomic E-state index is 13.6. The highest BCUT2D eigenvalue weighted by Gasteiger charge is 2.22. The van der Waals surface area contributed by atoms with E-state index in [1.54, 1.807) is 0 Å². The molecule has 0 unspecified atom stereocenters. The van der Waals surface area contributed by atoms with Gasteiger partial charge in [0, 0.05) is 11.5 Å². The highest BCUT2D eigenvalue weighted by atomic mass is 35.5. The Bertz CT molecular complexity index is 632. The summed E-state index contributed by atoms with van der Waals surface area (Å²) in [5.41, 5.74) is -0.165. The molecule has 0 atom stereocenters. The van der Waals surface area contributed by atoms with Gasteiger partial charge in [-0.1, -0.05) is 32.4 Å². The van der Waals surface area contributed by atoms with Crippen molar-refractivity contribution in [1.82, 2.24) is 4.98 Å². The monoisotopic (exact) mass is 273 g/mol.